The molecule has 0 aliphatic carbocycles. The molecule has 6 nitrogen and oxygen atoms in total. The molecular weight excluding hydrogens is 324 g/mol. The van der Waals surface area contributed by atoms with Crippen molar-refractivity contribution in [1.29, 1.82) is 0 Å². The molecule has 0 atom stereocenters. The van der Waals surface area contributed by atoms with E-state index in [0.717, 1.165) is 5.56 Å². The van der Waals surface area contributed by atoms with Gasteiger partial charge in [-0.15, -0.1) is 0 Å². The molecule has 2 aromatic rings. The molecule has 0 bridgehead atoms. The van der Waals surface area contributed by atoms with Gasteiger partial charge >= 0.3 is 0 Å². The summed E-state index contributed by atoms with van der Waals surface area (Å²) in [6.07, 6.45) is 1.65. The molecule has 0 saturated heterocycles. The highest BCUT2D eigenvalue weighted by Gasteiger charge is 2.32. The number of Topliss-reactive ketones (excluding diaryl/α,β-unsaturated/α-hetero) is 1. The first-order chi connectivity index (χ1) is 12.1. The first-order valence-corrected chi connectivity index (χ1v) is 7.53. The number of rotatable bonds is 5. The molecule has 1 aliphatic heterocycles. The summed E-state index contributed by atoms with van der Waals surface area (Å²) in [5.74, 6) is 2.51. The fourth-order valence-electron chi connectivity index (χ4n) is 2.63. The monoisotopic (exact) mass is 342 g/mol. The van der Waals surface area contributed by atoms with Gasteiger partial charge in [-0.25, -0.2) is 0 Å². The molecule has 3 rings (SSSR count). The summed E-state index contributed by atoms with van der Waals surface area (Å²) < 4.78 is 26.7. The fraction of sp³-hybridized carbons (Fsp3) is 0.211. The molecule has 0 saturated carbocycles. The van der Waals surface area contributed by atoms with E-state index >= 15 is 0 Å². The van der Waals surface area contributed by atoms with Gasteiger partial charge < -0.3 is 23.7 Å². The fourth-order valence-corrected chi connectivity index (χ4v) is 2.63. The van der Waals surface area contributed by atoms with Crippen LogP contribution in [0.3, 0.4) is 0 Å². The van der Waals surface area contributed by atoms with Gasteiger partial charge in [-0.1, -0.05) is 6.07 Å². The van der Waals surface area contributed by atoms with Crippen LogP contribution in [0.5, 0.6) is 28.7 Å². The highest BCUT2D eigenvalue weighted by molar-refractivity contribution is 6.16. The average Bonchev–Trinajstić information content (AvgIpc) is 2.96. The van der Waals surface area contributed by atoms with Crippen molar-refractivity contribution in [2.24, 2.45) is 0 Å². The number of ketones is 1. The van der Waals surface area contributed by atoms with Gasteiger partial charge in [0.15, 0.2) is 17.3 Å². The predicted molar refractivity (Wildman–Crippen MR) is 92.0 cm³/mol. The highest BCUT2D eigenvalue weighted by Crippen LogP contribution is 2.41. The van der Waals surface area contributed by atoms with Gasteiger partial charge in [0.05, 0.1) is 28.4 Å². The van der Waals surface area contributed by atoms with E-state index in [2.05, 4.69) is 0 Å². The van der Waals surface area contributed by atoms with Crippen LogP contribution in [-0.4, -0.2) is 34.2 Å². The Bertz CT molecular complexity index is 853. The maximum Gasteiger partial charge on any atom is 0.235 e. The molecule has 2 aromatic carbocycles. The van der Waals surface area contributed by atoms with Crippen molar-refractivity contribution in [1.82, 2.24) is 0 Å². The summed E-state index contributed by atoms with van der Waals surface area (Å²) in [5, 5.41) is 0. The largest absolute Gasteiger partial charge is 0.496 e. The van der Waals surface area contributed by atoms with Crippen LogP contribution in [0.1, 0.15) is 15.9 Å². The minimum atomic E-state index is -0.246. The summed E-state index contributed by atoms with van der Waals surface area (Å²) in [5.41, 5.74) is 1.13. The molecule has 0 aromatic heterocycles. The van der Waals surface area contributed by atoms with Crippen molar-refractivity contribution < 1.29 is 28.5 Å². The van der Waals surface area contributed by atoms with E-state index in [9.17, 15) is 4.79 Å². The van der Waals surface area contributed by atoms with Crippen molar-refractivity contribution in [3.05, 3.63) is 47.2 Å². The molecule has 1 aliphatic rings. The minimum Gasteiger partial charge on any atom is -0.496 e. The molecular formula is C19H18O6. The summed E-state index contributed by atoms with van der Waals surface area (Å²) in [7, 11) is 6.16. The summed E-state index contributed by atoms with van der Waals surface area (Å²) in [4.78, 5) is 12.7. The maximum absolute atomic E-state index is 12.7. The van der Waals surface area contributed by atoms with Gasteiger partial charge in [0, 0.05) is 12.1 Å². The molecule has 0 unspecified atom stereocenters. The van der Waals surface area contributed by atoms with Crippen LogP contribution in [0.2, 0.25) is 0 Å². The Kier molecular flexibility index (Phi) is 4.52. The number of hydrogen-bond donors (Lipinski definition) is 0. The normalized spacial score (nSPS) is 14.1. The lowest BCUT2D eigenvalue weighted by Gasteiger charge is -2.08. The number of allylic oxidation sites excluding steroid dienone is 1. The van der Waals surface area contributed by atoms with Crippen LogP contribution in [0, 0.1) is 0 Å². The van der Waals surface area contributed by atoms with Crippen molar-refractivity contribution in [3.8, 4) is 28.7 Å². The van der Waals surface area contributed by atoms with Crippen LogP contribution in [0.25, 0.3) is 6.08 Å². The zero-order chi connectivity index (χ0) is 18.0. The van der Waals surface area contributed by atoms with E-state index < -0.39 is 0 Å². The topological polar surface area (TPSA) is 63.2 Å². The molecule has 25 heavy (non-hydrogen) atoms. The van der Waals surface area contributed by atoms with E-state index in [0.29, 0.717) is 34.3 Å². The standard InChI is InChI=1S/C19H18O6/c1-21-12-9-15(24-4)18-16(10-12)25-17(19(18)20)8-11-5-6-13(22-2)14(7-11)23-3/h5-10H,1-4H3/b17-8+. The van der Waals surface area contributed by atoms with Gasteiger partial charge in [0.1, 0.15) is 22.8 Å². The molecule has 0 spiro atoms. The Morgan fingerprint density at radius 3 is 2.20 bits per heavy atom. The van der Waals surface area contributed by atoms with E-state index in [4.69, 9.17) is 23.7 Å². The Balaban J connectivity index is 2.00. The van der Waals surface area contributed by atoms with E-state index in [1.165, 1.54) is 7.11 Å². The number of ether oxygens (including phenoxy) is 5. The van der Waals surface area contributed by atoms with Crippen LogP contribution < -0.4 is 23.7 Å². The van der Waals surface area contributed by atoms with Gasteiger partial charge in [0.2, 0.25) is 5.78 Å². The van der Waals surface area contributed by atoms with Crippen LogP contribution in [0.15, 0.2) is 36.1 Å². The zero-order valence-corrected chi connectivity index (χ0v) is 14.4. The third-order valence-electron chi connectivity index (χ3n) is 3.87. The number of hydrogen-bond acceptors (Lipinski definition) is 6. The third kappa shape index (κ3) is 2.98. The van der Waals surface area contributed by atoms with Gasteiger partial charge in [-0.05, 0) is 23.8 Å². The SMILES string of the molecule is COc1cc(OC)c2c(c1)O/C(=C/c1ccc(OC)c(OC)c1)C2=O. The van der Waals surface area contributed by atoms with Gasteiger partial charge in [-0.3, -0.25) is 4.79 Å². The van der Waals surface area contributed by atoms with Crippen molar-refractivity contribution in [2.45, 2.75) is 0 Å². The Morgan fingerprint density at radius 1 is 0.840 bits per heavy atom. The molecule has 6 heteroatoms. The Hall–Kier alpha value is -3.15. The first kappa shape index (κ1) is 16.7. The van der Waals surface area contributed by atoms with Gasteiger partial charge in [0.25, 0.3) is 0 Å². The number of fused-ring (bicyclic) bond motifs is 1. The van der Waals surface area contributed by atoms with Gasteiger partial charge in [-0.2, -0.15) is 0 Å². The second-order valence-corrected chi connectivity index (χ2v) is 5.26. The molecule has 1 heterocycles. The van der Waals surface area contributed by atoms with E-state index in [1.807, 2.05) is 6.07 Å². The zero-order valence-electron chi connectivity index (χ0n) is 14.4. The molecule has 0 amide bonds. The summed E-state index contributed by atoms with van der Waals surface area (Å²) in [6, 6.07) is 8.65. The predicted octanol–water partition coefficient (Wildman–Crippen LogP) is 3.34. The average molecular weight is 342 g/mol. The quantitative estimate of drug-likeness (QED) is 0.777. The summed E-state index contributed by atoms with van der Waals surface area (Å²) in [6.45, 7) is 0. The molecule has 130 valence electrons. The second-order valence-electron chi connectivity index (χ2n) is 5.26. The number of benzene rings is 2. The van der Waals surface area contributed by atoms with Crippen LogP contribution >= 0.6 is 0 Å². The summed E-state index contributed by atoms with van der Waals surface area (Å²) >= 11 is 0. The van der Waals surface area contributed by atoms with Crippen LogP contribution in [-0.2, 0) is 0 Å². The Labute approximate surface area is 145 Å². The molecule has 0 N–H and O–H groups in total. The van der Waals surface area contributed by atoms with Crippen molar-refractivity contribution in [2.75, 3.05) is 28.4 Å². The smallest absolute Gasteiger partial charge is 0.235 e. The highest BCUT2D eigenvalue weighted by atomic mass is 16.5. The first-order valence-electron chi connectivity index (χ1n) is 7.53. The number of methoxy groups -OCH3 is 4. The second kappa shape index (κ2) is 6.76. The molecule has 0 fully saturated rings. The lowest BCUT2D eigenvalue weighted by Crippen LogP contribution is -2.00. The van der Waals surface area contributed by atoms with E-state index in [1.54, 1.807) is 51.7 Å². The number of carbonyl (C=O) groups excluding carboxylic acids is 1. The van der Waals surface area contributed by atoms with Crippen molar-refractivity contribution >= 4 is 11.9 Å². The van der Waals surface area contributed by atoms with Crippen LogP contribution in [0.4, 0.5) is 0 Å². The number of carbonyl (C=O) groups is 1. The lowest BCUT2D eigenvalue weighted by molar-refractivity contribution is 0.101. The third-order valence-corrected chi connectivity index (χ3v) is 3.87. The molecule has 0 radical (unpaired) electrons. The maximum atomic E-state index is 12.7. The Morgan fingerprint density at radius 2 is 1.56 bits per heavy atom. The lowest BCUT2D eigenvalue weighted by atomic mass is 10.1. The van der Waals surface area contributed by atoms with E-state index in [-0.39, 0.29) is 11.5 Å². The minimum absolute atomic E-state index is 0.203. The van der Waals surface area contributed by atoms with Crippen molar-refractivity contribution in [3.63, 3.8) is 0 Å².